The summed E-state index contributed by atoms with van der Waals surface area (Å²) in [5, 5.41) is 0. The van der Waals surface area contributed by atoms with Crippen molar-refractivity contribution >= 4 is 11.6 Å². The maximum Gasteiger partial charge on any atom is 0.231 e. The molecule has 1 fully saturated rings. The van der Waals surface area contributed by atoms with Crippen molar-refractivity contribution < 1.29 is 14.3 Å². The van der Waals surface area contributed by atoms with E-state index in [0.29, 0.717) is 6.42 Å². The molecular weight excluding hydrogens is 400 g/mol. The molecular formula is C27H34N2O3. The third-order valence-corrected chi connectivity index (χ3v) is 6.91. The van der Waals surface area contributed by atoms with E-state index in [2.05, 4.69) is 37.0 Å². The van der Waals surface area contributed by atoms with E-state index in [-0.39, 0.29) is 11.3 Å². The van der Waals surface area contributed by atoms with E-state index >= 15 is 0 Å². The van der Waals surface area contributed by atoms with Crippen LogP contribution < -0.4 is 14.4 Å². The molecule has 5 nitrogen and oxygen atoms in total. The molecule has 1 spiro atoms. The third kappa shape index (κ3) is 4.53. The number of carbonyl (C=O) groups excluding carboxylic acids is 1. The Labute approximate surface area is 191 Å². The standard InChI is InChI=1S/C27H34N2O3/c1-20(2)11-14-28-15-12-27(13-16-28)19-29(25-10-9-23(32-4)18-24(25)27)26(30)17-21-5-7-22(31-3)8-6-21/h5-11,18H,12-17,19H2,1-4H3. The van der Waals surface area contributed by atoms with Crippen LogP contribution in [0.15, 0.2) is 54.1 Å². The van der Waals surface area contributed by atoms with Crippen molar-refractivity contribution in [1.82, 2.24) is 4.90 Å². The normalized spacial score (nSPS) is 17.2. The van der Waals surface area contributed by atoms with Crippen LogP contribution in [0.2, 0.25) is 0 Å². The number of likely N-dealkylation sites (tertiary alicyclic amines) is 1. The first-order valence-electron chi connectivity index (χ1n) is 11.4. The average Bonchev–Trinajstić information content (AvgIpc) is 3.12. The summed E-state index contributed by atoms with van der Waals surface area (Å²) in [6.07, 6.45) is 4.79. The summed E-state index contributed by atoms with van der Waals surface area (Å²) >= 11 is 0. The zero-order valence-electron chi connectivity index (χ0n) is 19.7. The van der Waals surface area contributed by atoms with Gasteiger partial charge >= 0.3 is 0 Å². The topological polar surface area (TPSA) is 42.0 Å². The van der Waals surface area contributed by atoms with E-state index in [1.54, 1.807) is 14.2 Å². The molecule has 2 aromatic rings. The molecule has 0 radical (unpaired) electrons. The fourth-order valence-electron chi connectivity index (χ4n) is 4.91. The maximum absolute atomic E-state index is 13.4. The summed E-state index contributed by atoms with van der Waals surface area (Å²) in [4.78, 5) is 17.9. The van der Waals surface area contributed by atoms with E-state index in [0.717, 1.165) is 61.8 Å². The van der Waals surface area contributed by atoms with Crippen LogP contribution in [0.5, 0.6) is 11.5 Å². The van der Waals surface area contributed by atoms with E-state index < -0.39 is 0 Å². The number of carbonyl (C=O) groups is 1. The number of benzene rings is 2. The second kappa shape index (κ2) is 9.37. The molecule has 0 bridgehead atoms. The highest BCUT2D eigenvalue weighted by molar-refractivity contribution is 5.97. The van der Waals surface area contributed by atoms with Crippen LogP contribution in [0.1, 0.15) is 37.8 Å². The van der Waals surface area contributed by atoms with Crippen LogP contribution in [0.4, 0.5) is 5.69 Å². The summed E-state index contributed by atoms with van der Waals surface area (Å²) in [6, 6.07) is 13.9. The Morgan fingerprint density at radius 2 is 1.66 bits per heavy atom. The predicted octanol–water partition coefficient (Wildman–Crippen LogP) is 4.59. The minimum atomic E-state index is 0.000908. The van der Waals surface area contributed by atoms with Gasteiger partial charge < -0.3 is 14.4 Å². The quantitative estimate of drug-likeness (QED) is 0.624. The Balaban J connectivity index is 1.55. The van der Waals surface area contributed by atoms with Gasteiger partial charge in [-0.25, -0.2) is 0 Å². The molecule has 1 amide bonds. The third-order valence-electron chi connectivity index (χ3n) is 6.91. The Kier molecular flexibility index (Phi) is 6.56. The number of amides is 1. The molecule has 32 heavy (non-hydrogen) atoms. The minimum absolute atomic E-state index is 0.000908. The lowest BCUT2D eigenvalue weighted by molar-refractivity contribution is -0.118. The van der Waals surface area contributed by atoms with Gasteiger partial charge in [-0.2, -0.15) is 0 Å². The van der Waals surface area contributed by atoms with Crippen molar-refractivity contribution in [2.24, 2.45) is 0 Å². The van der Waals surface area contributed by atoms with Crippen LogP contribution in [0, 0.1) is 0 Å². The Morgan fingerprint density at radius 1 is 1.00 bits per heavy atom. The van der Waals surface area contributed by atoms with Gasteiger partial charge in [0, 0.05) is 24.2 Å². The van der Waals surface area contributed by atoms with Crippen molar-refractivity contribution in [3.8, 4) is 11.5 Å². The molecule has 1 saturated heterocycles. The van der Waals surface area contributed by atoms with Gasteiger partial charge in [0.2, 0.25) is 5.91 Å². The number of piperidine rings is 1. The number of rotatable bonds is 6. The zero-order valence-corrected chi connectivity index (χ0v) is 19.7. The second-order valence-electron chi connectivity index (χ2n) is 9.25. The van der Waals surface area contributed by atoms with Crippen LogP contribution in [-0.2, 0) is 16.6 Å². The van der Waals surface area contributed by atoms with Crippen molar-refractivity contribution in [3.63, 3.8) is 0 Å². The number of hydrogen-bond donors (Lipinski definition) is 0. The van der Waals surface area contributed by atoms with Gasteiger partial charge in [0.05, 0.1) is 20.6 Å². The van der Waals surface area contributed by atoms with Crippen LogP contribution in [0.3, 0.4) is 0 Å². The SMILES string of the molecule is COc1ccc(CC(=O)N2CC3(CCN(CC=C(C)C)CC3)c3cc(OC)ccc32)cc1. The number of anilines is 1. The summed E-state index contributed by atoms with van der Waals surface area (Å²) in [5.41, 5.74) is 4.67. The minimum Gasteiger partial charge on any atom is -0.497 e. The Hall–Kier alpha value is -2.79. The van der Waals surface area contributed by atoms with Gasteiger partial charge in [0.25, 0.3) is 0 Å². The Morgan fingerprint density at radius 3 is 2.28 bits per heavy atom. The first-order valence-corrected chi connectivity index (χ1v) is 11.4. The van der Waals surface area contributed by atoms with Gasteiger partial charge in [-0.1, -0.05) is 23.8 Å². The van der Waals surface area contributed by atoms with Gasteiger partial charge in [-0.3, -0.25) is 9.69 Å². The molecule has 0 aromatic heterocycles. The highest BCUT2D eigenvalue weighted by Gasteiger charge is 2.46. The highest BCUT2D eigenvalue weighted by Crippen LogP contribution is 2.48. The summed E-state index contributed by atoms with van der Waals surface area (Å²) < 4.78 is 10.8. The van der Waals surface area contributed by atoms with Gasteiger partial charge in [-0.15, -0.1) is 0 Å². The molecule has 0 N–H and O–H groups in total. The molecule has 0 atom stereocenters. The highest BCUT2D eigenvalue weighted by atomic mass is 16.5. The summed E-state index contributed by atoms with van der Waals surface area (Å²) in [5.74, 6) is 1.81. The van der Waals surface area contributed by atoms with Crippen molar-refractivity contribution in [1.29, 1.82) is 0 Å². The van der Waals surface area contributed by atoms with E-state index in [4.69, 9.17) is 9.47 Å². The van der Waals surface area contributed by atoms with Gasteiger partial charge in [0.15, 0.2) is 0 Å². The molecule has 4 rings (SSSR count). The fourth-order valence-corrected chi connectivity index (χ4v) is 4.91. The molecule has 2 heterocycles. The molecule has 2 aliphatic heterocycles. The molecule has 2 aliphatic rings. The predicted molar refractivity (Wildman–Crippen MR) is 129 cm³/mol. The average molecular weight is 435 g/mol. The largest absolute Gasteiger partial charge is 0.497 e. The number of allylic oxidation sites excluding steroid dienone is 1. The molecule has 2 aromatic carbocycles. The zero-order chi connectivity index (χ0) is 22.7. The molecule has 0 unspecified atom stereocenters. The fraction of sp³-hybridized carbons (Fsp3) is 0.444. The molecule has 0 saturated carbocycles. The molecule has 0 aliphatic carbocycles. The lowest BCUT2D eigenvalue weighted by atomic mass is 9.74. The number of hydrogen-bond acceptors (Lipinski definition) is 4. The Bertz CT molecular complexity index is 984. The van der Waals surface area contributed by atoms with Crippen molar-refractivity contribution in [2.45, 2.75) is 38.5 Å². The smallest absolute Gasteiger partial charge is 0.231 e. The van der Waals surface area contributed by atoms with E-state index in [1.807, 2.05) is 35.2 Å². The van der Waals surface area contributed by atoms with Crippen molar-refractivity contribution in [3.05, 3.63) is 65.2 Å². The number of nitrogens with zero attached hydrogens (tertiary/aromatic N) is 2. The molecule has 170 valence electrons. The lowest BCUT2D eigenvalue weighted by Crippen LogP contribution is -2.46. The first-order chi connectivity index (χ1) is 15.4. The summed E-state index contributed by atoms with van der Waals surface area (Å²) in [7, 11) is 3.36. The maximum atomic E-state index is 13.4. The van der Waals surface area contributed by atoms with E-state index in [1.165, 1.54) is 11.1 Å². The summed E-state index contributed by atoms with van der Waals surface area (Å²) in [6.45, 7) is 8.14. The van der Waals surface area contributed by atoms with Crippen LogP contribution >= 0.6 is 0 Å². The monoisotopic (exact) mass is 434 g/mol. The number of methoxy groups -OCH3 is 2. The van der Waals surface area contributed by atoms with Crippen LogP contribution in [-0.4, -0.2) is 51.2 Å². The lowest BCUT2D eigenvalue weighted by Gasteiger charge is -2.39. The van der Waals surface area contributed by atoms with Gasteiger partial charge in [-0.05, 0) is 81.2 Å². The number of fused-ring (bicyclic) bond motifs is 2. The van der Waals surface area contributed by atoms with Crippen molar-refractivity contribution in [2.75, 3.05) is 45.3 Å². The van der Waals surface area contributed by atoms with E-state index in [9.17, 15) is 4.79 Å². The van der Waals surface area contributed by atoms with Crippen LogP contribution in [0.25, 0.3) is 0 Å². The molecule has 5 heteroatoms. The van der Waals surface area contributed by atoms with Gasteiger partial charge in [0.1, 0.15) is 11.5 Å². The number of ether oxygens (including phenoxy) is 2. The second-order valence-corrected chi connectivity index (χ2v) is 9.25. The first kappa shape index (κ1) is 22.4.